The first-order valence-electron chi connectivity index (χ1n) is 3.48. The molecular weight excluding hydrogens is 215 g/mol. The summed E-state index contributed by atoms with van der Waals surface area (Å²) in [5, 5.41) is 8.68. The number of aryl methyl sites for hydroxylation is 1. The molecule has 70 valence electrons. The van der Waals surface area contributed by atoms with E-state index in [9.17, 15) is 4.79 Å². The Morgan fingerprint density at radius 2 is 2.23 bits per heavy atom. The molecule has 1 N–H and O–H groups in total. The van der Waals surface area contributed by atoms with Gasteiger partial charge in [-0.2, -0.15) is 0 Å². The van der Waals surface area contributed by atoms with Crippen LogP contribution in [0.2, 0.25) is 10.4 Å². The lowest BCUT2D eigenvalue weighted by atomic mass is 10.2. The van der Waals surface area contributed by atoms with Crippen LogP contribution in [0.5, 0.6) is 0 Å². The van der Waals surface area contributed by atoms with Crippen molar-refractivity contribution in [1.82, 2.24) is 9.97 Å². The van der Waals surface area contributed by atoms with Crippen LogP contribution in [0, 0.1) is 0 Å². The minimum atomic E-state index is -0.883. The van der Waals surface area contributed by atoms with E-state index in [0.717, 1.165) is 0 Å². The van der Waals surface area contributed by atoms with E-state index in [2.05, 4.69) is 9.97 Å². The maximum Gasteiger partial charge on any atom is 0.303 e. The van der Waals surface area contributed by atoms with Crippen LogP contribution in [-0.4, -0.2) is 21.0 Å². The van der Waals surface area contributed by atoms with Gasteiger partial charge in [0.25, 0.3) is 0 Å². The van der Waals surface area contributed by atoms with Gasteiger partial charge in [0.05, 0.1) is 0 Å². The highest BCUT2D eigenvalue weighted by molar-refractivity contribution is 6.32. The number of rotatable bonds is 3. The van der Waals surface area contributed by atoms with E-state index in [1.165, 1.54) is 6.20 Å². The highest BCUT2D eigenvalue weighted by Crippen LogP contribution is 2.15. The Labute approximate surface area is 84.5 Å². The molecule has 0 unspecified atom stereocenters. The number of nitrogens with zero attached hydrogens (tertiary/aromatic N) is 2. The SMILES string of the molecule is O=C(O)CCc1cnc(Cl)nc1Cl. The molecule has 0 aliphatic carbocycles. The number of carboxylic acids is 1. The number of aromatic nitrogens is 2. The minimum absolute atomic E-state index is 0.00467. The normalized spacial score (nSPS) is 10.0. The standard InChI is InChI=1S/C7H6Cl2N2O2/c8-6-4(1-2-5(12)13)3-10-7(9)11-6/h3H,1-2H2,(H,12,13). The Hall–Kier alpha value is -0.870. The van der Waals surface area contributed by atoms with Gasteiger partial charge in [-0.05, 0) is 18.0 Å². The predicted molar refractivity (Wildman–Crippen MR) is 48.0 cm³/mol. The van der Waals surface area contributed by atoms with E-state index in [0.29, 0.717) is 12.0 Å². The van der Waals surface area contributed by atoms with E-state index in [1.54, 1.807) is 0 Å². The zero-order chi connectivity index (χ0) is 9.84. The van der Waals surface area contributed by atoms with Crippen LogP contribution in [0.1, 0.15) is 12.0 Å². The fourth-order valence-corrected chi connectivity index (χ4v) is 1.18. The quantitative estimate of drug-likeness (QED) is 0.624. The molecule has 0 fully saturated rings. The summed E-state index contributed by atoms with van der Waals surface area (Å²) in [7, 11) is 0. The van der Waals surface area contributed by atoms with Crippen molar-refractivity contribution >= 4 is 29.2 Å². The van der Waals surface area contributed by atoms with Gasteiger partial charge in [0.15, 0.2) is 0 Å². The first-order valence-corrected chi connectivity index (χ1v) is 4.24. The van der Waals surface area contributed by atoms with Crippen molar-refractivity contribution in [1.29, 1.82) is 0 Å². The Bertz CT molecular complexity index is 330. The molecule has 6 heteroatoms. The molecule has 1 rings (SSSR count). The lowest BCUT2D eigenvalue weighted by molar-refractivity contribution is -0.136. The second-order valence-corrected chi connectivity index (χ2v) is 3.04. The van der Waals surface area contributed by atoms with Gasteiger partial charge in [-0.1, -0.05) is 11.6 Å². The number of carbonyl (C=O) groups is 1. The number of hydrogen-bond donors (Lipinski definition) is 1. The molecule has 0 aromatic carbocycles. The van der Waals surface area contributed by atoms with Crippen molar-refractivity contribution in [2.24, 2.45) is 0 Å². The lowest BCUT2D eigenvalue weighted by Gasteiger charge is -1.99. The maximum absolute atomic E-state index is 10.2. The molecule has 0 saturated carbocycles. The summed E-state index contributed by atoms with van der Waals surface area (Å²) >= 11 is 11.1. The van der Waals surface area contributed by atoms with Gasteiger partial charge in [-0.25, -0.2) is 9.97 Å². The number of aliphatic carboxylic acids is 1. The molecule has 0 radical (unpaired) electrons. The zero-order valence-electron chi connectivity index (χ0n) is 6.50. The van der Waals surface area contributed by atoms with E-state index >= 15 is 0 Å². The smallest absolute Gasteiger partial charge is 0.303 e. The van der Waals surface area contributed by atoms with Gasteiger partial charge >= 0.3 is 5.97 Å². The van der Waals surface area contributed by atoms with E-state index < -0.39 is 5.97 Å². The predicted octanol–water partition coefficient (Wildman–Crippen LogP) is 1.80. The summed E-state index contributed by atoms with van der Waals surface area (Å²) < 4.78 is 0. The Balaban J connectivity index is 2.72. The molecule has 13 heavy (non-hydrogen) atoms. The molecular formula is C7H6Cl2N2O2. The molecule has 1 aromatic rings. The summed E-state index contributed by atoms with van der Waals surface area (Å²) in [6.45, 7) is 0. The van der Waals surface area contributed by atoms with E-state index in [1.807, 2.05) is 0 Å². The van der Waals surface area contributed by atoms with Gasteiger partial charge in [0.1, 0.15) is 5.15 Å². The van der Waals surface area contributed by atoms with Crippen LogP contribution in [0.3, 0.4) is 0 Å². The fourth-order valence-electron chi connectivity index (χ4n) is 0.775. The van der Waals surface area contributed by atoms with Gasteiger partial charge in [0.2, 0.25) is 5.28 Å². The lowest BCUT2D eigenvalue weighted by Crippen LogP contribution is -1.99. The van der Waals surface area contributed by atoms with Crippen LogP contribution < -0.4 is 0 Å². The van der Waals surface area contributed by atoms with Crippen LogP contribution in [0.4, 0.5) is 0 Å². The Morgan fingerprint density at radius 3 is 2.77 bits per heavy atom. The highest BCUT2D eigenvalue weighted by atomic mass is 35.5. The first-order chi connectivity index (χ1) is 6.09. The molecule has 1 aromatic heterocycles. The maximum atomic E-state index is 10.2. The van der Waals surface area contributed by atoms with E-state index in [-0.39, 0.29) is 16.9 Å². The van der Waals surface area contributed by atoms with Gasteiger partial charge < -0.3 is 5.11 Å². The molecule has 0 saturated heterocycles. The average Bonchev–Trinajstić information content (AvgIpc) is 2.02. The van der Waals surface area contributed by atoms with Crippen LogP contribution in [0.25, 0.3) is 0 Å². The molecule has 0 spiro atoms. The highest BCUT2D eigenvalue weighted by Gasteiger charge is 2.05. The topological polar surface area (TPSA) is 63.1 Å². The van der Waals surface area contributed by atoms with Crippen molar-refractivity contribution in [3.8, 4) is 0 Å². The fraction of sp³-hybridized carbons (Fsp3) is 0.286. The largest absolute Gasteiger partial charge is 0.481 e. The van der Waals surface area contributed by atoms with Crippen molar-refractivity contribution in [2.75, 3.05) is 0 Å². The summed E-state index contributed by atoms with van der Waals surface area (Å²) in [4.78, 5) is 17.6. The Morgan fingerprint density at radius 1 is 1.54 bits per heavy atom. The van der Waals surface area contributed by atoms with Crippen molar-refractivity contribution in [2.45, 2.75) is 12.8 Å². The number of hydrogen-bond acceptors (Lipinski definition) is 3. The average molecular weight is 221 g/mol. The summed E-state index contributed by atoms with van der Waals surface area (Å²) in [5.41, 5.74) is 0.591. The van der Waals surface area contributed by atoms with Crippen LogP contribution >= 0.6 is 23.2 Å². The third kappa shape index (κ3) is 3.16. The molecule has 0 aliphatic heterocycles. The molecule has 0 atom stereocenters. The second-order valence-electron chi connectivity index (χ2n) is 2.35. The molecule has 1 heterocycles. The van der Waals surface area contributed by atoms with Crippen LogP contribution in [-0.2, 0) is 11.2 Å². The van der Waals surface area contributed by atoms with Gasteiger partial charge in [-0.15, -0.1) is 0 Å². The summed E-state index contributed by atoms with van der Waals surface area (Å²) in [5.74, 6) is -0.883. The molecule has 4 nitrogen and oxygen atoms in total. The number of carboxylic acid groups (broad SMARTS) is 1. The van der Waals surface area contributed by atoms with Gasteiger partial charge in [0, 0.05) is 18.2 Å². The third-order valence-electron chi connectivity index (χ3n) is 1.39. The minimum Gasteiger partial charge on any atom is -0.481 e. The zero-order valence-corrected chi connectivity index (χ0v) is 8.01. The van der Waals surface area contributed by atoms with Crippen molar-refractivity contribution < 1.29 is 9.90 Å². The van der Waals surface area contributed by atoms with E-state index in [4.69, 9.17) is 28.3 Å². The summed E-state index contributed by atoms with van der Waals surface area (Å²) in [6, 6.07) is 0. The monoisotopic (exact) mass is 220 g/mol. The summed E-state index contributed by atoms with van der Waals surface area (Å²) in [6.07, 6.45) is 1.75. The Kier molecular flexibility index (Phi) is 3.45. The van der Waals surface area contributed by atoms with Crippen molar-refractivity contribution in [3.63, 3.8) is 0 Å². The first kappa shape index (κ1) is 10.2. The number of halogens is 2. The molecule has 0 bridgehead atoms. The molecule has 0 aliphatic rings. The molecule has 0 amide bonds. The van der Waals surface area contributed by atoms with Crippen molar-refractivity contribution in [3.05, 3.63) is 22.2 Å². The third-order valence-corrected chi connectivity index (χ3v) is 1.90. The second kappa shape index (κ2) is 4.39. The van der Waals surface area contributed by atoms with Gasteiger partial charge in [-0.3, -0.25) is 4.79 Å². The van der Waals surface area contributed by atoms with Crippen LogP contribution in [0.15, 0.2) is 6.20 Å².